The normalized spacial score (nSPS) is 31.6. The SMILES string of the molecule is C#CC#CCCC(=O)O[C@H]1[C@@H](OC)O[C@@H]2CO[C@@H](c3ccccc3)O[C@H]2[C@@H]1O. The van der Waals surface area contributed by atoms with E-state index in [4.69, 9.17) is 30.1 Å². The Kier molecular flexibility index (Phi) is 7.05. The van der Waals surface area contributed by atoms with Gasteiger partial charge in [0, 0.05) is 19.1 Å². The molecule has 0 aromatic heterocycles. The van der Waals surface area contributed by atoms with E-state index >= 15 is 0 Å². The van der Waals surface area contributed by atoms with Crippen molar-refractivity contribution < 1.29 is 33.6 Å². The van der Waals surface area contributed by atoms with Gasteiger partial charge in [0.1, 0.15) is 18.3 Å². The molecular weight excluding hydrogens is 364 g/mol. The lowest BCUT2D eigenvalue weighted by Gasteiger charge is -2.46. The Morgan fingerprint density at radius 1 is 1.32 bits per heavy atom. The molecule has 1 aromatic rings. The summed E-state index contributed by atoms with van der Waals surface area (Å²) in [6.45, 7) is 0.212. The summed E-state index contributed by atoms with van der Waals surface area (Å²) in [5, 5.41) is 10.8. The molecule has 0 amide bonds. The van der Waals surface area contributed by atoms with Crippen molar-refractivity contribution in [3.63, 3.8) is 0 Å². The predicted octanol–water partition coefficient (Wildman–Crippen LogP) is 1.16. The lowest BCUT2D eigenvalue weighted by Crippen LogP contribution is -2.63. The number of aliphatic hydroxyl groups excluding tert-OH is 1. The number of terminal acetylenes is 1. The molecule has 1 N–H and O–H groups in total. The third-order valence-electron chi connectivity index (χ3n) is 4.50. The summed E-state index contributed by atoms with van der Waals surface area (Å²) in [6, 6.07) is 9.37. The molecule has 2 heterocycles. The standard InChI is InChI=1S/C21H22O7/c1-3-4-5-9-12-16(22)27-19-17(23)18-15(26-21(19)24-2)13-25-20(28-18)14-10-7-6-8-11-14/h1,6-8,10-11,15,17-21,23H,9,12-13H2,2H3/t15-,17+,18-,19-,20-,21+/m1/s1. The van der Waals surface area contributed by atoms with Crippen molar-refractivity contribution in [3.8, 4) is 24.2 Å². The van der Waals surface area contributed by atoms with Gasteiger partial charge >= 0.3 is 5.97 Å². The van der Waals surface area contributed by atoms with Gasteiger partial charge in [-0.25, -0.2) is 0 Å². The zero-order valence-corrected chi connectivity index (χ0v) is 15.4. The third-order valence-corrected chi connectivity index (χ3v) is 4.50. The number of aliphatic hydroxyl groups is 1. The fourth-order valence-electron chi connectivity index (χ4n) is 3.15. The van der Waals surface area contributed by atoms with Crippen LogP contribution in [0.4, 0.5) is 0 Å². The van der Waals surface area contributed by atoms with Gasteiger partial charge in [-0.1, -0.05) is 36.3 Å². The molecular formula is C21H22O7. The molecule has 2 saturated heterocycles. The van der Waals surface area contributed by atoms with Crippen molar-refractivity contribution in [1.82, 2.24) is 0 Å². The van der Waals surface area contributed by atoms with Gasteiger partial charge in [0.25, 0.3) is 0 Å². The molecule has 0 radical (unpaired) electrons. The van der Waals surface area contributed by atoms with Crippen LogP contribution in [0.25, 0.3) is 0 Å². The highest BCUT2D eigenvalue weighted by Gasteiger charge is 2.51. The number of carbonyl (C=O) groups excluding carboxylic acids is 1. The highest BCUT2D eigenvalue weighted by molar-refractivity contribution is 5.70. The van der Waals surface area contributed by atoms with Crippen molar-refractivity contribution in [2.24, 2.45) is 0 Å². The Bertz CT molecular complexity index is 760. The summed E-state index contributed by atoms with van der Waals surface area (Å²) >= 11 is 0. The van der Waals surface area contributed by atoms with Crippen molar-refractivity contribution in [2.75, 3.05) is 13.7 Å². The van der Waals surface area contributed by atoms with E-state index in [1.165, 1.54) is 7.11 Å². The molecule has 0 unspecified atom stereocenters. The first-order valence-electron chi connectivity index (χ1n) is 8.95. The number of fused-ring (bicyclic) bond motifs is 1. The van der Waals surface area contributed by atoms with Gasteiger partial charge in [0.2, 0.25) is 0 Å². The summed E-state index contributed by atoms with van der Waals surface area (Å²) in [5.74, 6) is 6.72. The molecule has 0 spiro atoms. The minimum Gasteiger partial charge on any atom is -0.454 e. The lowest BCUT2D eigenvalue weighted by atomic mass is 9.97. The number of benzene rings is 1. The number of carbonyl (C=O) groups is 1. The quantitative estimate of drug-likeness (QED) is 0.601. The van der Waals surface area contributed by atoms with E-state index in [0.29, 0.717) is 0 Å². The van der Waals surface area contributed by atoms with Gasteiger partial charge in [-0.15, -0.1) is 6.42 Å². The zero-order chi connectivity index (χ0) is 19.9. The van der Waals surface area contributed by atoms with Crippen LogP contribution in [-0.4, -0.2) is 55.5 Å². The van der Waals surface area contributed by atoms with Crippen LogP contribution in [-0.2, 0) is 28.5 Å². The fourth-order valence-corrected chi connectivity index (χ4v) is 3.15. The second-order valence-corrected chi connectivity index (χ2v) is 6.35. The molecule has 7 nitrogen and oxygen atoms in total. The number of hydrogen-bond donors (Lipinski definition) is 1. The van der Waals surface area contributed by atoms with Crippen molar-refractivity contribution in [1.29, 1.82) is 0 Å². The lowest BCUT2D eigenvalue weighted by molar-refractivity contribution is -0.358. The van der Waals surface area contributed by atoms with E-state index in [-0.39, 0.29) is 19.4 Å². The first-order chi connectivity index (χ1) is 13.6. The van der Waals surface area contributed by atoms with Crippen LogP contribution < -0.4 is 0 Å². The number of rotatable bonds is 5. The van der Waals surface area contributed by atoms with Crippen LogP contribution in [0.15, 0.2) is 30.3 Å². The number of methoxy groups -OCH3 is 1. The van der Waals surface area contributed by atoms with Gasteiger partial charge in [-0.05, 0) is 11.8 Å². The van der Waals surface area contributed by atoms with E-state index in [0.717, 1.165) is 5.56 Å². The topological polar surface area (TPSA) is 83.5 Å². The van der Waals surface area contributed by atoms with Gasteiger partial charge in [-0.2, -0.15) is 0 Å². The molecule has 1 aromatic carbocycles. The molecule has 7 heteroatoms. The summed E-state index contributed by atoms with van der Waals surface area (Å²) < 4.78 is 28.1. The fraction of sp³-hybridized carbons (Fsp3) is 0.476. The maximum atomic E-state index is 12.1. The highest BCUT2D eigenvalue weighted by atomic mass is 16.8. The Morgan fingerprint density at radius 3 is 2.82 bits per heavy atom. The summed E-state index contributed by atoms with van der Waals surface area (Å²) in [6.07, 6.45) is 0.310. The van der Waals surface area contributed by atoms with Gasteiger partial charge in [-0.3, -0.25) is 4.79 Å². The van der Waals surface area contributed by atoms with Crippen molar-refractivity contribution >= 4 is 5.97 Å². The van der Waals surface area contributed by atoms with E-state index in [1.54, 1.807) is 0 Å². The number of ether oxygens (including phenoxy) is 5. The zero-order valence-electron chi connectivity index (χ0n) is 15.4. The highest BCUT2D eigenvalue weighted by Crippen LogP contribution is 2.35. The van der Waals surface area contributed by atoms with E-state index < -0.39 is 43.0 Å². The molecule has 2 fully saturated rings. The van der Waals surface area contributed by atoms with E-state index in [9.17, 15) is 9.90 Å². The van der Waals surface area contributed by atoms with Gasteiger partial charge in [0.15, 0.2) is 18.7 Å². The summed E-state index contributed by atoms with van der Waals surface area (Å²) in [4.78, 5) is 12.1. The first kappa shape index (κ1) is 20.3. The Morgan fingerprint density at radius 2 is 2.11 bits per heavy atom. The van der Waals surface area contributed by atoms with Gasteiger partial charge in [0.05, 0.1) is 13.0 Å². The van der Waals surface area contributed by atoms with Crippen LogP contribution in [0.5, 0.6) is 0 Å². The van der Waals surface area contributed by atoms with E-state index in [2.05, 4.69) is 17.8 Å². The molecule has 0 bridgehead atoms. The molecule has 0 aliphatic carbocycles. The maximum absolute atomic E-state index is 12.1. The minimum absolute atomic E-state index is 0.0407. The maximum Gasteiger partial charge on any atom is 0.307 e. The molecule has 28 heavy (non-hydrogen) atoms. The molecule has 148 valence electrons. The summed E-state index contributed by atoms with van der Waals surface area (Å²) in [7, 11) is 1.41. The summed E-state index contributed by atoms with van der Waals surface area (Å²) in [5.41, 5.74) is 0.822. The predicted molar refractivity (Wildman–Crippen MR) is 97.4 cm³/mol. The van der Waals surface area contributed by atoms with Crippen LogP contribution in [0, 0.1) is 24.2 Å². The molecule has 3 rings (SSSR count). The second kappa shape index (κ2) is 9.70. The molecule has 6 atom stereocenters. The van der Waals surface area contributed by atoms with Crippen LogP contribution in [0.3, 0.4) is 0 Å². The average Bonchev–Trinajstić information content (AvgIpc) is 2.73. The van der Waals surface area contributed by atoms with Gasteiger partial charge < -0.3 is 28.8 Å². The molecule has 2 aliphatic rings. The smallest absolute Gasteiger partial charge is 0.307 e. The largest absolute Gasteiger partial charge is 0.454 e. The monoisotopic (exact) mass is 386 g/mol. The second-order valence-electron chi connectivity index (χ2n) is 6.35. The molecule has 0 saturated carbocycles. The number of esters is 1. The Labute approximate surface area is 163 Å². The van der Waals surface area contributed by atoms with Crippen LogP contribution in [0.2, 0.25) is 0 Å². The molecule has 2 aliphatic heterocycles. The van der Waals surface area contributed by atoms with E-state index in [1.807, 2.05) is 30.3 Å². The van der Waals surface area contributed by atoms with Crippen molar-refractivity contribution in [2.45, 2.75) is 49.8 Å². The Balaban J connectivity index is 1.66. The van der Waals surface area contributed by atoms with Crippen LogP contribution in [0.1, 0.15) is 24.7 Å². The third kappa shape index (κ3) is 4.71. The average molecular weight is 386 g/mol. The van der Waals surface area contributed by atoms with Crippen molar-refractivity contribution in [3.05, 3.63) is 35.9 Å². The first-order valence-corrected chi connectivity index (χ1v) is 8.95. The minimum atomic E-state index is -1.14. The van der Waals surface area contributed by atoms with Crippen LogP contribution >= 0.6 is 0 Å². The Hall–Kier alpha value is -2.39. The number of hydrogen-bond acceptors (Lipinski definition) is 7.